The van der Waals surface area contributed by atoms with Crippen molar-refractivity contribution in [3.8, 4) is 0 Å². The molecule has 0 spiro atoms. The van der Waals surface area contributed by atoms with Crippen molar-refractivity contribution >= 4 is 5.57 Å². The van der Waals surface area contributed by atoms with E-state index in [4.69, 9.17) is 0 Å². The zero-order valence-corrected chi connectivity index (χ0v) is 10.6. The Labute approximate surface area is 104 Å². The van der Waals surface area contributed by atoms with Gasteiger partial charge in [-0.3, -0.25) is 0 Å². The molecule has 2 rings (SSSR count). The summed E-state index contributed by atoms with van der Waals surface area (Å²) >= 11 is 0. The standard InChI is InChI=1S/C16H21F/c1-2-6-16(13-7-4-3-5-8-13)14-9-11-15(17)12-10-14/h6,9-13H,2-5,7-8H2,1H3/b16-6+. The molecule has 0 unspecified atom stereocenters. The molecule has 1 fully saturated rings. The van der Waals surface area contributed by atoms with Gasteiger partial charge in [0, 0.05) is 0 Å². The van der Waals surface area contributed by atoms with Crippen molar-refractivity contribution in [1.82, 2.24) is 0 Å². The van der Waals surface area contributed by atoms with Gasteiger partial charge in [0.1, 0.15) is 5.82 Å². The summed E-state index contributed by atoms with van der Waals surface area (Å²) in [5.74, 6) is 0.544. The molecule has 0 bridgehead atoms. The van der Waals surface area contributed by atoms with Gasteiger partial charge in [-0.25, -0.2) is 4.39 Å². The van der Waals surface area contributed by atoms with Crippen LogP contribution in [0, 0.1) is 11.7 Å². The summed E-state index contributed by atoms with van der Waals surface area (Å²) in [5.41, 5.74) is 2.65. The van der Waals surface area contributed by atoms with E-state index in [0.29, 0.717) is 5.92 Å². The van der Waals surface area contributed by atoms with E-state index in [2.05, 4.69) is 13.0 Å². The fourth-order valence-corrected chi connectivity index (χ4v) is 2.80. The molecule has 0 nitrogen and oxygen atoms in total. The van der Waals surface area contributed by atoms with Gasteiger partial charge >= 0.3 is 0 Å². The second kappa shape index (κ2) is 6.00. The number of rotatable bonds is 3. The molecule has 1 heteroatoms. The summed E-state index contributed by atoms with van der Waals surface area (Å²) in [7, 11) is 0. The molecule has 17 heavy (non-hydrogen) atoms. The van der Waals surface area contributed by atoms with Crippen LogP contribution in [0.15, 0.2) is 30.3 Å². The van der Waals surface area contributed by atoms with Crippen LogP contribution in [-0.2, 0) is 0 Å². The van der Waals surface area contributed by atoms with Crippen LogP contribution in [0.5, 0.6) is 0 Å². The Hall–Kier alpha value is -1.11. The monoisotopic (exact) mass is 232 g/mol. The molecule has 0 aromatic heterocycles. The van der Waals surface area contributed by atoms with Crippen LogP contribution >= 0.6 is 0 Å². The van der Waals surface area contributed by atoms with Crippen molar-refractivity contribution < 1.29 is 4.39 Å². The smallest absolute Gasteiger partial charge is 0.123 e. The second-order valence-corrected chi connectivity index (χ2v) is 4.91. The number of hydrogen-bond donors (Lipinski definition) is 0. The second-order valence-electron chi connectivity index (χ2n) is 4.91. The average molecular weight is 232 g/mol. The third kappa shape index (κ3) is 3.18. The van der Waals surface area contributed by atoms with Crippen molar-refractivity contribution in [2.24, 2.45) is 5.92 Å². The molecular weight excluding hydrogens is 211 g/mol. The molecule has 1 aromatic rings. The summed E-state index contributed by atoms with van der Waals surface area (Å²) < 4.78 is 13.0. The topological polar surface area (TPSA) is 0 Å². The van der Waals surface area contributed by atoms with Gasteiger partial charge in [-0.15, -0.1) is 0 Å². The molecule has 0 radical (unpaired) electrons. The molecule has 0 aliphatic heterocycles. The Morgan fingerprint density at radius 2 is 1.82 bits per heavy atom. The zero-order valence-electron chi connectivity index (χ0n) is 10.6. The molecule has 1 saturated carbocycles. The minimum absolute atomic E-state index is 0.145. The largest absolute Gasteiger partial charge is 0.207 e. The van der Waals surface area contributed by atoms with Crippen LogP contribution in [0.4, 0.5) is 4.39 Å². The van der Waals surface area contributed by atoms with Crippen LogP contribution in [0.2, 0.25) is 0 Å². The molecule has 1 aromatic carbocycles. The van der Waals surface area contributed by atoms with E-state index in [-0.39, 0.29) is 5.82 Å². The molecular formula is C16H21F. The normalized spacial score (nSPS) is 18.4. The highest BCUT2D eigenvalue weighted by atomic mass is 19.1. The molecule has 0 amide bonds. The molecule has 0 heterocycles. The maximum atomic E-state index is 13.0. The lowest BCUT2D eigenvalue weighted by atomic mass is 9.80. The lowest BCUT2D eigenvalue weighted by Gasteiger charge is -2.25. The molecule has 0 atom stereocenters. The van der Waals surface area contributed by atoms with Crippen LogP contribution in [0.3, 0.4) is 0 Å². The predicted molar refractivity (Wildman–Crippen MR) is 71.2 cm³/mol. The van der Waals surface area contributed by atoms with Crippen molar-refractivity contribution in [3.63, 3.8) is 0 Å². The van der Waals surface area contributed by atoms with Gasteiger partial charge in [0.25, 0.3) is 0 Å². The fourth-order valence-electron chi connectivity index (χ4n) is 2.80. The Morgan fingerprint density at radius 3 is 2.41 bits per heavy atom. The van der Waals surface area contributed by atoms with E-state index in [9.17, 15) is 4.39 Å². The zero-order chi connectivity index (χ0) is 12.1. The fraction of sp³-hybridized carbons (Fsp3) is 0.500. The van der Waals surface area contributed by atoms with Gasteiger partial charge in [0.05, 0.1) is 0 Å². The average Bonchev–Trinajstić information content (AvgIpc) is 2.38. The highest BCUT2D eigenvalue weighted by Crippen LogP contribution is 2.35. The molecule has 1 aliphatic carbocycles. The lowest BCUT2D eigenvalue weighted by molar-refractivity contribution is 0.429. The Bertz CT molecular complexity index is 369. The Balaban J connectivity index is 2.22. The van der Waals surface area contributed by atoms with Gasteiger partial charge in [0.2, 0.25) is 0 Å². The highest BCUT2D eigenvalue weighted by Gasteiger charge is 2.18. The van der Waals surface area contributed by atoms with E-state index in [0.717, 1.165) is 6.42 Å². The summed E-state index contributed by atoms with van der Waals surface area (Å²) in [5, 5.41) is 0. The first-order chi connectivity index (χ1) is 8.31. The van der Waals surface area contributed by atoms with Crippen LogP contribution in [0.1, 0.15) is 51.0 Å². The van der Waals surface area contributed by atoms with E-state index in [1.165, 1.54) is 43.2 Å². The molecule has 0 N–H and O–H groups in total. The highest BCUT2D eigenvalue weighted by molar-refractivity contribution is 5.67. The van der Waals surface area contributed by atoms with E-state index in [1.54, 1.807) is 12.1 Å². The van der Waals surface area contributed by atoms with E-state index >= 15 is 0 Å². The third-order valence-corrected chi connectivity index (χ3v) is 3.65. The summed E-state index contributed by atoms with van der Waals surface area (Å²) in [6.45, 7) is 2.17. The van der Waals surface area contributed by atoms with Crippen LogP contribution in [0.25, 0.3) is 5.57 Å². The maximum absolute atomic E-state index is 13.0. The Morgan fingerprint density at radius 1 is 1.18 bits per heavy atom. The molecule has 92 valence electrons. The van der Waals surface area contributed by atoms with E-state index < -0.39 is 0 Å². The van der Waals surface area contributed by atoms with Crippen LogP contribution in [-0.4, -0.2) is 0 Å². The van der Waals surface area contributed by atoms with Gasteiger partial charge in [-0.05, 0) is 48.4 Å². The van der Waals surface area contributed by atoms with E-state index in [1.807, 2.05) is 12.1 Å². The summed E-state index contributed by atoms with van der Waals surface area (Å²) in [6.07, 6.45) is 10.0. The van der Waals surface area contributed by atoms with Gasteiger partial charge in [-0.1, -0.05) is 44.4 Å². The van der Waals surface area contributed by atoms with Crippen molar-refractivity contribution in [2.45, 2.75) is 45.4 Å². The first kappa shape index (κ1) is 12.3. The lowest BCUT2D eigenvalue weighted by Crippen LogP contribution is -2.08. The summed E-state index contributed by atoms with van der Waals surface area (Å²) in [4.78, 5) is 0. The number of allylic oxidation sites excluding steroid dienone is 2. The number of halogens is 1. The number of benzene rings is 1. The number of hydrogen-bond acceptors (Lipinski definition) is 0. The quantitative estimate of drug-likeness (QED) is 0.672. The van der Waals surface area contributed by atoms with Crippen molar-refractivity contribution in [1.29, 1.82) is 0 Å². The van der Waals surface area contributed by atoms with Crippen molar-refractivity contribution in [3.05, 3.63) is 41.7 Å². The SMILES string of the molecule is CC/C=C(/c1ccc(F)cc1)C1CCCCC1. The predicted octanol–water partition coefficient (Wildman–Crippen LogP) is 5.20. The minimum atomic E-state index is -0.145. The molecule has 1 aliphatic rings. The summed E-state index contributed by atoms with van der Waals surface area (Å²) in [6, 6.07) is 6.99. The van der Waals surface area contributed by atoms with Gasteiger partial charge < -0.3 is 0 Å². The maximum Gasteiger partial charge on any atom is 0.123 e. The first-order valence-electron chi connectivity index (χ1n) is 6.77. The Kier molecular flexibility index (Phi) is 4.36. The van der Waals surface area contributed by atoms with Gasteiger partial charge in [0.15, 0.2) is 0 Å². The molecule has 0 saturated heterocycles. The third-order valence-electron chi connectivity index (χ3n) is 3.65. The van der Waals surface area contributed by atoms with Crippen molar-refractivity contribution in [2.75, 3.05) is 0 Å². The van der Waals surface area contributed by atoms with Gasteiger partial charge in [-0.2, -0.15) is 0 Å². The minimum Gasteiger partial charge on any atom is -0.207 e. The first-order valence-corrected chi connectivity index (χ1v) is 6.77. The van der Waals surface area contributed by atoms with Crippen LogP contribution < -0.4 is 0 Å².